The third-order valence-electron chi connectivity index (χ3n) is 6.32. The first kappa shape index (κ1) is 28.2. The lowest BCUT2D eigenvalue weighted by molar-refractivity contribution is -0.274. The Hall–Kier alpha value is -3.80. The minimum atomic E-state index is -5.02. The molecule has 1 saturated carbocycles. The van der Waals surface area contributed by atoms with Gasteiger partial charge in [0.25, 0.3) is 5.92 Å². The van der Waals surface area contributed by atoms with Crippen molar-refractivity contribution in [3.63, 3.8) is 0 Å². The van der Waals surface area contributed by atoms with Crippen molar-refractivity contribution in [1.82, 2.24) is 4.98 Å². The number of nitrogens with zero attached hydrogens (tertiary/aromatic N) is 1. The van der Waals surface area contributed by atoms with Gasteiger partial charge in [0.2, 0.25) is 5.91 Å². The highest BCUT2D eigenvalue weighted by Crippen LogP contribution is 2.50. The lowest BCUT2D eigenvalue weighted by Crippen LogP contribution is -2.29. The molecule has 6 nitrogen and oxygen atoms in total. The van der Waals surface area contributed by atoms with E-state index in [1.165, 1.54) is 19.1 Å². The van der Waals surface area contributed by atoms with Crippen molar-refractivity contribution in [3.05, 3.63) is 76.3 Å². The molecule has 39 heavy (non-hydrogen) atoms. The number of hydrogen-bond donors (Lipinski definition) is 2. The van der Waals surface area contributed by atoms with E-state index in [1.807, 2.05) is 0 Å². The number of carboxylic acid groups (broad SMARTS) is 1. The van der Waals surface area contributed by atoms with Crippen molar-refractivity contribution in [2.24, 2.45) is 0 Å². The van der Waals surface area contributed by atoms with E-state index in [0.29, 0.717) is 6.07 Å². The van der Waals surface area contributed by atoms with Crippen LogP contribution in [0.3, 0.4) is 0 Å². The Balaban J connectivity index is 1.62. The van der Waals surface area contributed by atoms with Crippen LogP contribution in [-0.4, -0.2) is 28.3 Å². The van der Waals surface area contributed by atoms with Gasteiger partial charge >= 0.3 is 12.3 Å². The van der Waals surface area contributed by atoms with Crippen molar-refractivity contribution in [3.8, 4) is 16.9 Å². The zero-order valence-electron chi connectivity index (χ0n) is 20.0. The average Bonchev–Trinajstić information content (AvgIpc) is 3.65. The van der Waals surface area contributed by atoms with Crippen molar-refractivity contribution in [2.75, 3.05) is 5.32 Å². The van der Waals surface area contributed by atoms with Gasteiger partial charge in [-0.1, -0.05) is 30.7 Å². The highest BCUT2D eigenvalue weighted by Gasteiger charge is 2.53. The van der Waals surface area contributed by atoms with Crippen LogP contribution in [0.2, 0.25) is 5.02 Å². The number of carbonyl (C=O) groups excluding carboxylic acids is 1. The molecular formula is C26H19ClF6N2O4. The first-order valence-corrected chi connectivity index (χ1v) is 11.8. The number of aromatic carboxylic acids is 1. The van der Waals surface area contributed by atoms with E-state index in [1.54, 1.807) is 0 Å². The Morgan fingerprint density at radius 3 is 2.31 bits per heavy atom. The van der Waals surface area contributed by atoms with Crippen LogP contribution < -0.4 is 10.1 Å². The van der Waals surface area contributed by atoms with Gasteiger partial charge in [0, 0.05) is 41.1 Å². The lowest BCUT2D eigenvalue weighted by atomic mass is 9.93. The van der Waals surface area contributed by atoms with E-state index in [4.69, 9.17) is 11.6 Å². The van der Waals surface area contributed by atoms with Gasteiger partial charge in [-0.15, -0.1) is 13.2 Å². The fourth-order valence-electron chi connectivity index (χ4n) is 4.16. The molecule has 0 unspecified atom stereocenters. The maximum atomic E-state index is 14.7. The van der Waals surface area contributed by atoms with Gasteiger partial charge in [0.15, 0.2) is 0 Å². The van der Waals surface area contributed by atoms with E-state index >= 15 is 0 Å². The highest BCUT2D eigenvalue weighted by molar-refractivity contribution is 6.34. The fourth-order valence-corrected chi connectivity index (χ4v) is 4.48. The lowest BCUT2D eigenvalue weighted by Gasteiger charge is -2.19. The van der Waals surface area contributed by atoms with Crippen LogP contribution in [0, 0.1) is 5.82 Å². The summed E-state index contributed by atoms with van der Waals surface area (Å²) in [5.74, 6) is -7.18. The fraction of sp³-hybridized carbons (Fsp3) is 0.269. The number of benzene rings is 2. The molecule has 206 valence electrons. The molecule has 0 spiro atoms. The number of rotatable bonds is 8. The number of amides is 1. The summed E-state index contributed by atoms with van der Waals surface area (Å²) in [7, 11) is 0. The average molecular weight is 573 g/mol. The van der Waals surface area contributed by atoms with Crippen LogP contribution in [0.25, 0.3) is 11.1 Å². The van der Waals surface area contributed by atoms with Crippen molar-refractivity contribution in [2.45, 2.75) is 43.9 Å². The quantitative estimate of drug-likeness (QED) is 0.276. The molecule has 1 heterocycles. The van der Waals surface area contributed by atoms with Gasteiger partial charge < -0.3 is 15.2 Å². The molecule has 1 aliphatic rings. The third-order valence-corrected chi connectivity index (χ3v) is 6.62. The molecule has 1 amide bonds. The summed E-state index contributed by atoms with van der Waals surface area (Å²) in [5, 5.41) is 12.1. The number of carboxylic acids is 1. The van der Waals surface area contributed by atoms with Crippen LogP contribution in [0.4, 0.5) is 32.0 Å². The van der Waals surface area contributed by atoms with Crippen molar-refractivity contribution in [1.29, 1.82) is 0 Å². The molecule has 2 N–H and O–H groups in total. The standard InChI is InChI=1S/C26H19ClF6N2O4/c1-2-25(29,30)20-6-3-13(12-34-20)21-16(22(36)37)9-14(10-18(21)27)35-23(38)24(7-8-24)17-5-4-15(11-19(17)28)39-26(31,32)33/h3-6,9-12H,2,7-8H2,1H3,(H,35,38)(H,36,37). The highest BCUT2D eigenvalue weighted by atomic mass is 35.5. The Labute approximate surface area is 222 Å². The molecule has 3 aromatic rings. The minimum absolute atomic E-state index is 0.0199. The second-order valence-electron chi connectivity index (χ2n) is 8.90. The topological polar surface area (TPSA) is 88.5 Å². The van der Waals surface area contributed by atoms with Crippen molar-refractivity contribution >= 4 is 29.2 Å². The summed E-state index contributed by atoms with van der Waals surface area (Å²) in [5.41, 5.74) is -2.31. The summed E-state index contributed by atoms with van der Waals surface area (Å²) in [6.45, 7) is 1.29. The normalized spacial score (nSPS) is 14.6. The second-order valence-corrected chi connectivity index (χ2v) is 9.31. The SMILES string of the molecule is CCC(F)(F)c1ccc(-c2c(Cl)cc(NC(=O)C3(c4ccc(OC(F)(F)F)cc4F)CC3)cc2C(=O)O)cn1. The summed E-state index contributed by atoms with van der Waals surface area (Å²) < 4.78 is 83.5. The maximum Gasteiger partial charge on any atom is 0.573 e. The zero-order valence-corrected chi connectivity index (χ0v) is 20.8. The van der Waals surface area contributed by atoms with Crippen molar-refractivity contribution < 1.29 is 45.8 Å². The van der Waals surface area contributed by atoms with E-state index < -0.39 is 53.3 Å². The third kappa shape index (κ3) is 5.80. The second kappa shape index (κ2) is 10.1. The maximum absolute atomic E-state index is 14.7. The molecule has 0 saturated heterocycles. The molecule has 1 fully saturated rings. The van der Waals surface area contributed by atoms with Gasteiger partial charge in [-0.25, -0.2) is 9.18 Å². The van der Waals surface area contributed by atoms with Crippen LogP contribution in [0.5, 0.6) is 5.75 Å². The number of ether oxygens (including phenoxy) is 1. The minimum Gasteiger partial charge on any atom is -0.478 e. The molecular weight excluding hydrogens is 554 g/mol. The molecule has 13 heteroatoms. The predicted octanol–water partition coefficient (Wildman–Crippen LogP) is 7.31. The molecule has 1 aliphatic carbocycles. The molecule has 0 bridgehead atoms. The largest absolute Gasteiger partial charge is 0.573 e. The number of hydrogen-bond acceptors (Lipinski definition) is 4. The number of halogens is 7. The number of anilines is 1. The zero-order chi connectivity index (χ0) is 28.8. The molecule has 0 atom stereocenters. The number of aromatic nitrogens is 1. The van der Waals surface area contributed by atoms with E-state index in [2.05, 4.69) is 15.0 Å². The molecule has 0 radical (unpaired) electrons. The van der Waals surface area contributed by atoms with Crippen LogP contribution >= 0.6 is 11.6 Å². The van der Waals surface area contributed by atoms with Gasteiger partial charge in [-0.05, 0) is 37.1 Å². The van der Waals surface area contributed by atoms with Gasteiger partial charge in [-0.3, -0.25) is 9.78 Å². The van der Waals surface area contributed by atoms with E-state index in [0.717, 1.165) is 30.5 Å². The number of alkyl halides is 5. The number of carbonyl (C=O) groups is 2. The Morgan fingerprint density at radius 1 is 1.10 bits per heavy atom. The monoisotopic (exact) mass is 572 g/mol. The molecule has 0 aliphatic heterocycles. The van der Waals surface area contributed by atoms with E-state index in [9.17, 15) is 41.0 Å². The van der Waals surface area contributed by atoms with Crippen LogP contribution in [-0.2, 0) is 16.1 Å². The summed E-state index contributed by atoms with van der Waals surface area (Å²) >= 11 is 6.34. The molecule has 2 aromatic carbocycles. The van der Waals surface area contributed by atoms with Crippen LogP contribution in [0.15, 0.2) is 48.7 Å². The Kier molecular flexibility index (Phi) is 7.28. The Bertz CT molecular complexity index is 1440. The first-order chi connectivity index (χ1) is 18.2. The summed E-state index contributed by atoms with van der Waals surface area (Å²) in [6.07, 6.45) is -4.06. The van der Waals surface area contributed by atoms with Gasteiger partial charge in [-0.2, -0.15) is 8.78 Å². The smallest absolute Gasteiger partial charge is 0.478 e. The summed E-state index contributed by atoms with van der Waals surface area (Å²) in [6, 6.07) is 7.10. The number of nitrogens with one attached hydrogen (secondary N) is 1. The summed E-state index contributed by atoms with van der Waals surface area (Å²) in [4.78, 5) is 28.9. The molecule has 1 aromatic heterocycles. The Morgan fingerprint density at radius 2 is 1.79 bits per heavy atom. The predicted molar refractivity (Wildman–Crippen MR) is 128 cm³/mol. The van der Waals surface area contributed by atoms with Gasteiger partial charge in [0.1, 0.15) is 17.3 Å². The number of pyridine rings is 1. The first-order valence-electron chi connectivity index (χ1n) is 11.5. The van der Waals surface area contributed by atoms with Gasteiger partial charge in [0.05, 0.1) is 16.0 Å². The van der Waals surface area contributed by atoms with Crippen LogP contribution in [0.1, 0.15) is 47.8 Å². The molecule has 4 rings (SSSR count). The van der Waals surface area contributed by atoms with E-state index in [-0.39, 0.29) is 45.8 Å².